The van der Waals surface area contributed by atoms with Crippen molar-refractivity contribution in [3.63, 3.8) is 0 Å². The number of hydrogen-bond donors (Lipinski definition) is 1. The van der Waals surface area contributed by atoms with Crippen LogP contribution in [0.4, 0.5) is 0 Å². The Kier molecular flexibility index (Phi) is 7.79. The molecule has 0 saturated carbocycles. The van der Waals surface area contributed by atoms with Crippen LogP contribution in [0, 0.1) is 11.3 Å². The molecule has 1 atom stereocenters. The fourth-order valence-electron chi connectivity index (χ4n) is 1.72. The Morgan fingerprint density at radius 3 is 2.58 bits per heavy atom. The number of esters is 1. The molecule has 126 valence electrons. The standard InChI is InChI=1S/C18H20N2O4/c1-4-10-20-17(21)13(3)24-18(22)15(12-19)11-14-6-8-16(9-7-14)23-5-2/h4,6-9,11,13H,1,5,10H2,2-3H3,(H,20,21)/b15-11+/t13-/m1/s1. The zero-order valence-electron chi connectivity index (χ0n) is 13.7. The van der Waals surface area contributed by atoms with E-state index in [0.29, 0.717) is 17.9 Å². The van der Waals surface area contributed by atoms with Crippen LogP contribution in [0.1, 0.15) is 19.4 Å². The number of benzene rings is 1. The van der Waals surface area contributed by atoms with Crippen molar-refractivity contribution in [3.8, 4) is 11.8 Å². The molecule has 0 radical (unpaired) electrons. The monoisotopic (exact) mass is 328 g/mol. The van der Waals surface area contributed by atoms with Gasteiger partial charge >= 0.3 is 5.97 Å². The summed E-state index contributed by atoms with van der Waals surface area (Å²) in [4.78, 5) is 23.7. The van der Waals surface area contributed by atoms with Gasteiger partial charge in [-0.3, -0.25) is 4.79 Å². The topological polar surface area (TPSA) is 88.4 Å². The Balaban J connectivity index is 2.77. The second-order valence-electron chi connectivity index (χ2n) is 4.75. The lowest BCUT2D eigenvalue weighted by Gasteiger charge is -2.12. The molecule has 1 aromatic carbocycles. The second kappa shape index (κ2) is 9.85. The molecule has 1 rings (SSSR count). The number of amides is 1. The van der Waals surface area contributed by atoms with E-state index in [2.05, 4.69) is 11.9 Å². The number of rotatable bonds is 8. The van der Waals surface area contributed by atoms with Gasteiger partial charge < -0.3 is 14.8 Å². The summed E-state index contributed by atoms with van der Waals surface area (Å²) in [5.74, 6) is -0.613. The average Bonchev–Trinajstić information content (AvgIpc) is 2.58. The first-order chi connectivity index (χ1) is 11.5. The molecule has 0 aromatic heterocycles. The average molecular weight is 328 g/mol. The van der Waals surface area contributed by atoms with E-state index >= 15 is 0 Å². The molecule has 0 aliphatic heterocycles. The van der Waals surface area contributed by atoms with Crippen molar-refractivity contribution >= 4 is 18.0 Å². The van der Waals surface area contributed by atoms with Gasteiger partial charge in [0, 0.05) is 6.54 Å². The number of hydrogen-bond acceptors (Lipinski definition) is 5. The van der Waals surface area contributed by atoms with Crippen molar-refractivity contribution < 1.29 is 19.1 Å². The van der Waals surface area contributed by atoms with Crippen LogP contribution in [-0.4, -0.2) is 31.1 Å². The molecule has 0 fully saturated rings. The van der Waals surface area contributed by atoms with Gasteiger partial charge in [0.1, 0.15) is 17.4 Å². The lowest BCUT2D eigenvalue weighted by molar-refractivity contribution is -0.150. The molecular weight excluding hydrogens is 308 g/mol. The highest BCUT2D eigenvalue weighted by molar-refractivity contribution is 5.99. The van der Waals surface area contributed by atoms with E-state index in [-0.39, 0.29) is 12.1 Å². The molecule has 1 aromatic rings. The molecule has 1 N–H and O–H groups in total. The number of nitrogens with one attached hydrogen (secondary N) is 1. The van der Waals surface area contributed by atoms with E-state index in [1.54, 1.807) is 30.3 Å². The maximum atomic E-state index is 12.0. The molecular formula is C18H20N2O4. The number of carbonyl (C=O) groups is 2. The van der Waals surface area contributed by atoms with E-state index in [9.17, 15) is 9.59 Å². The van der Waals surface area contributed by atoms with Gasteiger partial charge in [-0.05, 0) is 37.6 Å². The summed E-state index contributed by atoms with van der Waals surface area (Å²) in [6, 6.07) is 8.70. The molecule has 0 unspecified atom stereocenters. The largest absolute Gasteiger partial charge is 0.494 e. The summed E-state index contributed by atoms with van der Waals surface area (Å²) in [5, 5.41) is 11.6. The molecule has 1 amide bonds. The summed E-state index contributed by atoms with van der Waals surface area (Å²) in [5.41, 5.74) is 0.457. The van der Waals surface area contributed by atoms with E-state index in [4.69, 9.17) is 14.7 Å². The van der Waals surface area contributed by atoms with Gasteiger partial charge in [0.2, 0.25) is 0 Å². The van der Waals surface area contributed by atoms with Crippen LogP contribution in [0.3, 0.4) is 0 Å². The molecule has 6 heteroatoms. The Morgan fingerprint density at radius 2 is 2.04 bits per heavy atom. The lowest BCUT2D eigenvalue weighted by Crippen LogP contribution is -2.36. The molecule has 24 heavy (non-hydrogen) atoms. The highest BCUT2D eigenvalue weighted by Gasteiger charge is 2.19. The molecule has 0 aliphatic rings. The van der Waals surface area contributed by atoms with E-state index in [1.807, 2.05) is 6.92 Å². The predicted molar refractivity (Wildman–Crippen MR) is 90.0 cm³/mol. The van der Waals surface area contributed by atoms with Crippen LogP contribution >= 0.6 is 0 Å². The summed E-state index contributed by atoms with van der Waals surface area (Å²) in [6.45, 7) is 7.61. The van der Waals surface area contributed by atoms with E-state index < -0.39 is 18.0 Å². The minimum absolute atomic E-state index is 0.192. The quantitative estimate of drug-likeness (QED) is 0.342. The zero-order chi connectivity index (χ0) is 17.9. The third kappa shape index (κ3) is 5.97. The van der Waals surface area contributed by atoms with Crippen LogP contribution in [-0.2, 0) is 14.3 Å². The normalized spacial score (nSPS) is 11.8. The second-order valence-corrected chi connectivity index (χ2v) is 4.75. The van der Waals surface area contributed by atoms with Gasteiger partial charge in [-0.1, -0.05) is 18.2 Å². The Bertz CT molecular complexity index is 657. The van der Waals surface area contributed by atoms with Gasteiger partial charge in [-0.2, -0.15) is 5.26 Å². The Morgan fingerprint density at radius 1 is 1.38 bits per heavy atom. The molecule has 0 aliphatic carbocycles. The number of carbonyl (C=O) groups excluding carboxylic acids is 2. The molecule has 6 nitrogen and oxygen atoms in total. The van der Waals surface area contributed by atoms with Crippen LogP contribution in [0.2, 0.25) is 0 Å². The summed E-state index contributed by atoms with van der Waals surface area (Å²) < 4.78 is 10.3. The van der Waals surface area contributed by atoms with Gasteiger partial charge in [-0.15, -0.1) is 6.58 Å². The maximum Gasteiger partial charge on any atom is 0.349 e. The third-order valence-electron chi connectivity index (χ3n) is 2.92. The predicted octanol–water partition coefficient (Wildman–Crippen LogP) is 2.23. The minimum atomic E-state index is -1.01. The van der Waals surface area contributed by atoms with Crippen LogP contribution < -0.4 is 10.1 Å². The minimum Gasteiger partial charge on any atom is -0.494 e. The van der Waals surface area contributed by atoms with Crippen LogP contribution in [0.15, 0.2) is 42.5 Å². The molecule has 0 bridgehead atoms. The van der Waals surface area contributed by atoms with Gasteiger partial charge in [-0.25, -0.2) is 4.79 Å². The van der Waals surface area contributed by atoms with Crippen molar-refractivity contribution in [2.75, 3.05) is 13.2 Å². The summed E-state index contributed by atoms with van der Waals surface area (Å²) in [7, 11) is 0. The fourth-order valence-corrected chi connectivity index (χ4v) is 1.72. The highest BCUT2D eigenvalue weighted by atomic mass is 16.5. The first-order valence-corrected chi connectivity index (χ1v) is 7.46. The SMILES string of the molecule is C=CCNC(=O)[C@@H](C)OC(=O)/C(C#N)=C/c1ccc(OCC)cc1. The fraction of sp³-hybridized carbons (Fsp3) is 0.278. The van der Waals surface area contributed by atoms with Crippen LogP contribution in [0.5, 0.6) is 5.75 Å². The first kappa shape index (κ1) is 19.0. The van der Waals surface area contributed by atoms with E-state index in [1.165, 1.54) is 19.1 Å². The zero-order valence-corrected chi connectivity index (χ0v) is 13.7. The van der Waals surface area contributed by atoms with Crippen molar-refractivity contribution in [2.45, 2.75) is 20.0 Å². The maximum absolute atomic E-state index is 12.0. The van der Waals surface area contributed by atoms with Gasteiger partial charge in [0.25, 0.3) is 5.91 Å². The van der Waals surface area contributed by atoms with Crippen molar-refractivity contribution in [3.05, 3.63) is 48.1 Å². The number of nitrogens with zero attached hydrogens (tertiary/aromatic N) is 1. The van der Waals surface area contributed by atoms with E-state index in [0.717, 1.165) is 0 Å². The smallest absolute Gasteiger partial charge is 0.349 e. The lowest BCUT2D eigenvalue weighted by atomic mass is 10.1. The van der Waals surface area contributed by atoms with Crippen molar-refractivity contribution in [1.82, 2.24) is 5.32 Å². The number of nitriles is 1. The molecule has 0 heterocycles. The summed E-state index contributed by atoms with van der Waals surface area (Å²) in [6.07, 6.45) is 1.90. The molecule has 0 saturated heterocycles. The highest BCUT2D eigenvalue weighted by Crippen LogP contribution is 2.15. The van der Waals surface area contributed by atoms with Crippen LogP contribution in [0.25, 0.3) is 6.08 Å². The summed E-state index contributed by atoms with van der Waals surface area (Å²) >= 11 is 0. The van der Waals surface area contributed by atoms with Crippen molar-refractivity contribution in [1.29, 1.82) is 5.26 Å². The Labute approximate surface area is 141 Å². The first-order valence-electron chi connectivity index (χ1n) is 7.46. The van der Waals surface area contributed by atoms with Gasteiger partial charge in [0.15, 0.2) is 6.10 Å². The molecule has 0 spiro atoms. The van der Waals surface area contributed by atoms with Gasteiger partial charge in [0.05, 0.1) is 6.61 Å². The Hall–Kier alpha value is -3.07. The number of ether oxygens (including phenoxy) is 2. The van der Waals surface area contributed by atoms with Crippen molar-refractivity contribution in [2.24, 2.45) is 0 Å². The third-order valence-corrected chi connectivity index (χ3v) is 2.92.